The molecule has 6 nitrogen and oxygen atoms in total. The standard InChI is InChI=1S/C27H28N4O2S/c1-20-12-14-23(15-13-20)31-25(18-21-8-4-3-5-9-21)29-30-27(31)34-19-22-10-6-7-11-24(22)26(32)28-16-17-33-2/h3-15H,16-19H2,1-2H3,(H,28,32). The van der Waals surface area contributed by atoms with Gasteiger partial charge in [0.2, 0.25) is 0 Å². The second-order valence-corrected chi connectivity index (χ2v) is 8.87. The van der Waals surface area contributed by atoms with Crippen molar-refractivity contribution in [3.63, 3.8) is 0 Å². The molecule has 1 heterocycles. The van der Waals surface area contributed by atoms with Crippen LogP contribution >= 0.6 is 11.8 Å². The predicted octanol–water partition coefficient (Wildman–Crippen LogP) is 4.84. The third kappa shape index (κ3) is 5.92. The number of benzene rings is 3. The Morgan fingerprint density at radius 3 is 2.47 bits per heavy atom. The van der Waals surface area contributed by atoms with Gasteiger partial charge in [0, 0.05) is 37.1 Å². The van der Waals surface area contributed by atoms with Gasteiger partial charge in [0.15, 0.2) is 5.16 Å². The highest BCUT2D eigenvalue weighted by Crippen LogP contribution is 2.27. The molecule has 174 valence electrons. The smallest absolute Gasteiger partial charge is 0.251 e. The molecular weight excluding hydrogens is 444 g/mol. The molecule has 0 aliphatic rings. The molecule has 4 rings (SSSR count). The summed E-state index contributed by atoms with van der Waals surface area (Å²) in [5.74, 6) is 1.38. The molecule has 1 amide bonds. The highest BCUT2D eigenvalue weighted by atomic mass is 32.2. The average molecular weight is 473 g/mol. The average Bonchev–Trinajstić information content (AvgIpc) is 3.26. The van der Waals surface area contributed by atoms with Gasteiger partial charge < -0.3 is 10.1 Å². The maximum atomic E-state index is 12.7. The van der Waals surface area contributed by atoms with Gasteiger partial charge >= 0.3 is 0 Å². The molecule has 4 aromatic rings. The van der Waals surface area contributed by atoms with E-state index < -0.39 is 0 Å². The Labute approximate surface area is 204 Å². The van der Waals surface area contributed by atoms with Crippen LogP contribution in [0.2, 0.25) is 0 Å². The van der Waals surface area contributed by atoms with E-state index in [1.54, 1.807) is 18.9 Å². The first-order valence-corrected chi connectivity index (χ1v) is 12.2. The van der Waals surface area contributed by atoms with E-state index in [0.29, 0.717) is 30.9 Å². The largest absolute Gasteiger partial charge is 0.383 e. The number of aromatic nitrogens is 3. The summed E-state index contributed by atoms with van der Waals surface area (Å²) in [6.45, 7) is 3.03. The van der Waals surface area contributed by atoms with Crippen molar-refractivity contribution >= 4 is 17.7 Å². The van der Waals surface area contributed by atoms with E-state index >= 15 is 0 Å². The fourth-order valence-electron chi connectivity index (χ4n) is 3.61. The molecule has 0 unspecified atom stereocenters. The molecule has 0 fully saturated rings. The van der Waals surface area contributed by atoms with Gasteiger partial charge in [-0.2, -0.15) is 0 Å². The molecule has 0 radical (unpaired) electrons. The number of nitrogens with zero attached hydrogens (tertiary/aromatic N) is 3. The minimum absolute atomic E-state index is 0.0991. The van der Waals surface area contributed by atoms with Crippen LogP contribution < -0.4 is 5.32 Å². The molecule has 3 aromatic carbocycles. The summed E-state index contributed by atoms with van der Waals surface area (Å²) in [6, 6.07) is 26.3. The molecule has 0 saturated heterocycles. The molecule has 0 aliphatic carbocycles. The maximum Gasteiger partial charge on any atom is 0.251 e. The second-order valence-electron chi connectivity index (χ2n) is 7.93. The molecule has 7 heteroatoms. The lowest BCUT2D eigenvalue weighted by Gasteiger charge is -2.12. The van der Waals surface area contributed by atoms with E-state index in [-0.39, 0.29) is 5.91 Å². The molecule has 0 spiro atoms. The Morgan fingerprint density at radius 2 is 1.71 bits per heavy atom. The lowest BCUT2D eigenvalue weighted by Crippen LogP contribution is -2.27. The highest BCUT2D eigenvalue weighted by molar-refractivity contribution is 7.98. The summed E-state index contributed by atoms with van der Waals surface area (Å²) in [5.41, 5.74) is 5.01. The monoisotopic (exact) mass is 472 g/mol. The van der Waals surface area contributed by atoms with E-state index in [1.807, 2.05) is 42.5 Å². The predicted molar refractivity (Wildman–Crippen MR) is 136 cm³/mol. The number of rotatable bonds is 10. The van der Waals surface area contributed by atoms with E-state index in [9.17, 15) is 4.79 Å². The number of ether oxygens (including phenoxy) is 1. The fourth-order valence-corrected chi connectivity index (χ4v) is 4.59. The topological polar surface area (TPSA) is 69.0 Å². The lowest BCUT2D eigenvalue weighted by molar-refractivity contribution is 0.0936. The quantitative estimate of drug-likeness (QED) is 0.264. The van der Waals surface area contributed by atoms with Crippen molar-refractivity contribution < 1.29 is 9.53 Å². The molecule has 34 heavy (non-hydrogen) atoms. The van der Waals surface area contributed by atoms with Crippen LogP contribution in [0.1, 0.15) is 32.9 Å². The van der Waals surface area contributed by atoms with Crippen LogP contribution in [0.4, 0.5) is 0 Å². The van der Waals surface area contributed by atoms with E-state index in [0.717, 1.165) is 22.2 Å². The van der Waals surface area contributed by atoms with Gasteiger partial charge in [-0.25, -0.2) is 0 Å². The van der Waals surface area contributed by atoms with Crippen molar-refractivity contribution in [2.75, 3.05) is 20.3 Å². The number of amides is 1. The first-order valence-electron chi connectivity index (χ1n) is 11.2. The Hall–Kier alpha value is -3.42. The van der Waals surface area contributed by atoms with Gasteiger partial charge in [0.1, 0.15) is 5.82 Å². The summed E-state index contributed by atoms with van der Waals surface area (Å²) in [5, 5.41) is 12.8. The van der Waals surface area contributed by atoms with Crippen LogP contribution in [0.25, 0.3) is 5.69 Å². The zero-order valence-electron chi connectivity index (χ0n) is 19.4. The van der Waals surface area contributed by atoms with Gasteiger partial charge in [-0.05, 0) is 36.2 Å². The molecule has 0 bridgehead atoms. The third-order valence-corrected chi connectivity index (χ3v) is 6.39. The summed E-state index contributed by atoms with van der Waals surface area (Å²) in [4.78, 5) is 12.7. The normalized spacial score (nSPS) is 10.9. The lowest BCUT2D eigenvalue weighted by atomic mass is 10.1. The van der Waals surface area contributed by atoms with Crippen LogP contribution in [0, 0.1) is 6.92 Å². The number of hydrogen-bond donors (Lipinski definition) is 1. The third-order valence-electron chi connectivity index (χ3n) is 5.41. The second kappa shape index (κ2) is 11.6. The van der Waals surface area contributed by atoms with Crippen LogP contribution in [0.3, 0.4) is 0 Å². The maximum absolute atomic E-state index is 12.7. The Balaban J connectivity index is 1.59. The fraction of sp³-hybridized carbons (Fsp3) is 0.222. The Bertz CT molecular complexity index is 1220. The SMILES string of the molecule is COCCNC(=O)c1ccccc1CSc1nnc(Cc2ccccc2)n1-c1ccc(C)cc1. The summed E-state index contributed by atoms with van der Waals surface area (Å²) in [7, 11) is 1.62. The number of methoxy groups -OCH3 is 1. The van der Waals surface area contributed by atoms with Gasteiger partial charge in [0.05, 0.1) is 6.61 Å². The number of thioether (sulfide) groups is 1. The number of nitrogens with one attached hydrogen (secondary N) is 1. The summed E-state index contributed by atoms with van der Waals surface area (Å²) in [6.07, 6.45) is 0.681. The number of hydrogen-bond acceptors (Lipinski definition) is 5. The van der Waals surface area contributed by atoms with Crippen molar-refractivity contribution in [2.45, 2.75) is 24.3 Å². The molecule has 1 aromatic heterocycles. The van der Waals surface area contributed by atoms with Crippen molar-refractivity contribution in [1.29, 1.82) is 0 Å². The highest BCUT2D eigenvalue weighted by Gasteiger charge is 2.17. The van der Waals surface area contributed by atoms with Gasteiger partial charge in [0.25, 0.3) is 5.91 Å². The first-order chi connectivity index (χ1) is 16.7. The van der Waals surface area contributed by atoms with Crippen LogP contribution in [0.5, 0.6) is 0 Å². The van der Waals surface area contributed by atoms with Crippen LogP contribution in [-0.4, -0.2) is 40.9 Å². The molecule has 0 aliphatic heterocycles. The van der Waals surface area contributed by atoms with Crippen molar-refractivity contribution in [3.8, 4) is 5.69 Å². The minimum atomic E-state index is -0.0991. The summed E-state index contributed by atoms with van der Waals surface area (Å²) < 4.78 is 7.14. The number of carbonyl (C=O) groups excluding carboxylic acids is 1. The molecule has 1 N–H and O–H groups in total. The van der Waals surface area contributed by atoms with Crippen molar-refractivity contribution in [1.82, 2.24) is 20.1 Å². The Morgan fingerprint density at radius 1 is 0.971 bits per heavy atom. The van der Waals surface area contributed by atoms with Gasteiger partial charge in [-0.1, -0.05) is 78.0 Å². The zero-order valence-corrected chi connectivity index (χ0v) is 20.2. The van der Waals surface area contributed by atoms with Gasteiger partial charge in [-0.3, -0.25) is 9.36 Å². The van der Waals surface area contributed by atoms with Crippen LogP contribution in [0.15, 0.2) is 84.0 Å². The van der Waals surface area contributed by atoms with Crippen molar-refractivity contribution in [2.24, 2.45) is 0 Å². The van der Waals surface area contributed by atoms with Gasteiger partial charge in [-0.15, -0.1) is 10.2 Å². The molecule has 0 saturated carbocycles. The number of aryl methyl sites for hydroxylation is 1. The zero-order chi connectivity index (χ0) is 23.8. The minimum Gasteiger partial charge on any atom is -0.383 e. The van der Waals surface area contributed by atoms with E-state index in [4.69, 9.17) is 4.74 Å². The molecule has 0 atom stereocenters. The number of carbonyl (C=O) groups is 1. The van der Waals surface area contributed by atoms with Crippen molar-refractivity contribution in [3.05, 3.63) is 107 Å². The first kappa shape index (κ1) is 23.7. The summed E-state index contributed by atoms with van der Waals surface area (Å²) >= 11 is 1.58. The molecular formula is C27H28N4O2S. The van der Waals surface area contributed by atoms with E-state index in [2.05, 4.69) is 63.4 Å². The van der Waals surface area contributed by atoms with E-state index in [1.165, 1.54) is 11.1 Å². The van der Waals surface area contributed by atoms with Crippen LogP contribution in [-0.2, 0) is 16.9 Å². The Kier molecular flexibility index (Phi) is 8.12.